The van der Waals surface area contributed by atoms with Crippen LogP contribution in [-0.4, -0.2) is 23.6 Å². The Labute approximate surface area is 99.6 Å². The normalized spacial score (nSPS) is 9.00. The molecule has 0 radical (unpaired) electrons. The van der Waals surface area contributed by atoms with Crippen molar-refractivity contribution in [3.8, 4) is 0 Å². The zero-order valence-corrected chi connectivity index (χ0v) is 9.38. The highest BCUT2D eigenvalue weighted by Crippen LogP contribution is 2.05. The van der Waals surface area contributed by atoms with Crippen LogP contribution in [0.5, 0.6) is 0 Å². The largest absolute Gasteiger partial charge is 0.478 e. The predicted molar refractivity (Wildman–Crippen MR) is 64.3 cm³/mol. The van der Waals surface area contributed by atoms with Gasteiger partial charge in [0.25, 0.3) is 0 Å². The van der Waals surface area contributed by atoms with Crippen molar-refractivity contribution in [2.75, 3.05) is 6.54 Å². The number of nitrogens with two attached hydrogens (primary N) is 1. The molecule has 5 N–H and O–H groups in total. The highest BCUT2D eigenvalue weighted by molar-refractivity contribution is 5.87. The van der Waals surface area contributed by atoms with E-state index >= 15 is 0 Å². The second kappa shape index (κ2) is 6.68. The Morgan fingerprint density at radius 2 is 2.19 bits per heavy atom. The van der Waals surface area contributed by atoms with E-state index in [-0.39, 0.29) is 23.9 Å². The molecule has 5 nitrogen and oxygen atoms in total. The third-order valence-electron chi connectivity index (χ3n) is 1.90. The summed E-state index contributed by atoms with van der Waals surface area (Å²) < 4.78 is 0. The minimum Gasteiger partial charge on any atom is -0.478 e. The molecule has 0 aromatic heterocycles. The van der Waals surface area contributed by atoms with Gasteiger partial charge in [0.05, 0.1) is 5.56 Å². The van der Waals surface area contributed by atoms with Gasteiger partial charge in [-0.3, -0.25) is 5.41 Å². The van der Waals surface area contributed by atoms with Gasteiger partial charge in [0, 0.05) is 6.54 Å². The van der Waals surface area contributed by atoms with Crippen LogP contribution < -0.4 is 11.1 Å². The van der Waals surface area contributed by atoms with Gasteiger partial charge in [0.2, 0.25) is 0 Å². The molecule has 1 rings (SSSR count). The topological polar surface area (TPSA) is 99.2 Å². The number of hydrogen-bond acceptors (Lipinski definition) is 2. The van der Waals surface area contributed by atoms with E-state index in [1.54, 1.807) is 18.2 Å². The highest BCUT2D eigenvalue weighted by Gasteiger charge is 2.02. The number of aromatic carboxylic acids is 1. The molecule has 1 aromatic rings. The molecule has 6 heteroatoms. The van der Waals surface area contributed by atoms with Crippen molar-refractivity contribution in [1.82, 2.24) is 5.32 Å². The zero-order valence-electron chi connectivity index (χ0n) is 8.56. The van der Waals surface area contributed by atoms with Gasteiger partial charge in [-0.2, -0.15) is 0 Å². The van der Waals surface area contributed by atoms with Crippen LogP contribution in [0.4, 0.5) is 0 Å². The van der Waals surface area contributed by atoms with Gasteiger partial charge in [0.1, 0.15) is 0 Å². The van der Waals surface area contributed by atoms with E-state index in [1.807, 2.05) is 6.07 Å². The van der Waals surface area contributed by atoms with E-state index in [9.17, 15) is 4.79 Å². The third kappa shape index (κ3) is 4.65. The molecular weight excluding hydrogens is 230 g/mol. The first-order valence-corrected chi connectivity index (χ1v) is 4.49. The number of nitrogens with one attached hydrogen (secondary N) is 2. The molecule has 0 aliphatic heterocycles. The summed E-state index contributed by atoms with van der Waals surface area (Å²) in [6.07, 6.45) is 0.640. The average molecular weight is 244 g/mol. The van der Waals surface area contributed by atoms with Crippen molar-refractivity contribution in [3.63, 3.8) is 0 Å². The maximum Gasteiger partial charge on any atom is 0.335 e. The molecule has 88 valence electrons. The van der Waals surface area contributed by atoms with Crippen molar-refractivity contribution in [1.29, 1.82) is 5.41 Å². The molecule has 0 bridgehead atoms. The first kappa shape index (κ1) is 14.2. The standard InChI is InChI=1S/C10H13N3O2.ClH/c11-10(12)13-5-4-7-2-1-3-8(6-7)9(14)15;/h1-3,6H,4-5H2,(H,14,15)(H4,11,12,13);1H. The maximum absolute atomic E-state index is 10.7. The molecule has 0 spiro atoms. The van der Waals surface area contributed by atoms with Crippen molar-refractivity contribution < 1.29 is 9.90 Å². The summed E-state index contributed by atoms with van der Waals surface area (Å²) in [6, 6.07) is 6.70. The Morgan fingerprint density at radius 3 is 2.75 bits per heavy atom. The molecular formula is C10H14ClN3O2. The van der Waals surface area contributed by atoms with Gasteiger partial charge in [-0.15, -0.1) is 12.4 Å². The number of carboxylic acids is 1. The predicted octanol–water partition coefficient (Wildman–Crippen LogP) is 0.832. The van der Waals surface area contributed by atoms with Gasteiger partial charge in [0.15, 0.2) is 5.96 Å². The van der Waals surface area contributed by atoms with Crippen LogP contribution in [0.1, 0.15) is 15.9 Å². The molecule has 0 heterocycles. The summed E-state index contributed by atoms with van der Waals surface area (Å²) in [4.78, 5) is 10.7. The summed E-state index contributed by atoms with van der Waals surface area (Å²) in [5.41, 5.74) is 6.29. The molecule has 16 heavy (non-hydrogen) atoms. The van der Waals surface area contributed by atoms with Gasteiger partial charge >= 0.3 is 5.97 Å². The van der Waals surface area contributed by atoms with Crippen LogP contribution in [0.25, 0.3) is 0 Å². The van der Waals surface area contributed by atoms with Crippen molar-refractivity contribution >= 4 is 24.3 Å². The lowest BCUT2D eigenvalue weighted by atomic mass is 10.1. The van der Waals surface area contributed by atoms with E-state index in [1.165, 1.54) is 0 Å². The van der Waals surface area contributed by atoms with E-state index in [4.69, 9.17) is 16.2 Å². The first-order valence-electron chi connectivity index (χ1n) is 4.49. The van der Waals surface area contributed by atoms with Crippen molar-refractivity contribution in [2.45, 2.75) is 6.42 Å². The SMILES string of the molecule is Cl.N=C(N)NCCc1cccc(C(=O)O)c1. The first-order chi connectivity index (χ1) is 7.09. The lowest BCUT2D eigenvalue weighted by molar-refractivity contribution is 0.0697. The van der Waals surface area contributed by atoms with E-state index in [0.717, 1.165) is 5.56 Å². The van der Waals surface area contributed by atoms with E-state index in [2.05, 4.69) is 5.32 Å². The number of halogens is 1. The van der Waals surface area contributed by atoms with Crippen LogP contribution in [0.2, 0.25) is 0 Å². The minimum absolute atomic E-state index is 0. The van der Waals surface area contributed by atoms with Crippen LogP contribution in [-0.2, 0) is 6.42 Å². The number of carbonyl (C=O) groups is 1. The van der Waals surface area contributed by atoms with Crippen molar-refractivity contribution in [2.24, 2.45) is 5.73 Å². The number of hydrogen-bond donors (Lipinski definition) is 4. The summed E-state index contributed by atoms with van der Waals surface area (Å²) in [6.45, 7) is 0.526. The molecule has 0 unspecified atom stereocenters. The molecule has 0 amide bonds. The molecule has 0 fully saturated rings. The van der Waals surface area contributed by atoms with Crippen LogP contribution in [0.3, 0.4) is 0 Å². The molecule has 0 aliphatic rings. The average Bonchev–Trinajstić information content (AvgIpc) is 2.17. The fraction of sp³-hybridized carbons (Fsp3) is 0.200. The summed E-state index contributed by atoms with van der Waals surface area (Å²) in [7, 11) is 0. The fourth-order valence-corrected chi connectivity index (χ4v) is 1.20. The Kier molecular flexibility index (Phi) is 5.95. The van der Waals surface area contributed by atoms with Gasteiger partial charge in [-0.05, 0) is 24.1 Å². The number of benzene rings is 1. The Balaban J connectivity index is 0.00000225. The Morgan fingerprint density at radius 1 is 1.50 bits per heavy atom. The van der Waals surface area contributed by atoms with Gasteiger partial charge in [-0.1, -0.05) is 12.1 Å². The molecule has 0 aliphatic carbocycles. The quantitative estimate of drug-likeness (QED) is 0.465. The number of guanidine groups is 1. The number of rotatable bonds is 4. The number of carboxylic acid groups (broad SMARTS) is 1. The van der Waals surface area contributed by atoms with Crippen LogP contribution in [0, 0.1) is 5.41 Å². The lowest BCUT2D eigenvalue weighted by Gasteiger charge is -2.04. The monoisotopic (exact) mass is 243 g/mol. The molecule has 0 saturated heterocycles. The fourth-order valence-electron chi connectivity index (χ4n) is 1.20. The maximum atomic E-state index is 10.7. The third-order valence-corrected chi connectivity index (χ3v) is 1.90. The summed E-state index contributed by atoms with van der Waals surface area (Å²) in [5, 5.41) is 18.4. The molecule has 1 aromatic carbocycles. The smallest absolute Gasteiger partial charge is 0.335 e. The minimum atomic E-state index is -0.934. The zero-order chi connectivity index (χ0) is 11.3. The summed E-state index contributed by atoms with van der Waals surface area (Å²) in [5.74, 6) is -1.01. The van der Waals surface area contributed by atoms with Gasteiger partial charge < -0.3 is 16.2 Å². The Hall–Kier alpha value is -1.75. The van der Waals surface area contributed by atoms with Crippen LogP contribution in [0.15, 0.2) is 24.3 Å². The Bertz CT molecular complexity index is 382. The highest BCUT2D eigenvalue weighted by atomic mass is 35.5. The van der Waals surface area contributed by atoms with E-state index < -0.39 is 5.97 Å². The lowest BCUT2D eigenvalue weighted by Crippen LogP contribution is -2.31. The molecule has 0 saturated carbocycles. The second-order valence-electron chi connectivity index (χ2n) is 3.10. The van der Waals surface area contributed by atoms with E-state index in [0.29, 0.717) is 13.0 Å². The van der Waals surface area contributed by atoms with Crippen LogP contribution >= 0.6 is 12.4 Å². The summed E-state index contributed by atoms with van der Waals surface area (Å²) >= 11 is 0. The molecule has 0 atom stereocenters. The van der Waals surface area contributed by atoms with Crippen molar-refractivity contribution in [3.05, 3.63) is 35.4 Å². The second-order valence-corrected chi connectivity index (χ2v) is 3.10. The van der Waals surface area contributed by atoms with Gasteiger partial charge in [-0.25, -0.2) is 4.79 Å².